The fourth-order valence-electron chi connectivity index (χ4n) is 2.70. The van der Waals surface area contributed by atoms with Crippen molar-refractivity contribution < 1.29 is 0 Å². The molecule has 0 radical (unpaired) electrons. The number of hydrogen-bond donors (Lipinski definition) is 1. The van der Waals surface area contributed by atoms with Gasteiger partial charge in [0.25, 0.3) is 0 Å². The van der Waals surface area contributed by atoms with E-state index in [-0.39, 0.29) is 0 Å². The maximum Gasteiger partial charge on any atom is 0.131 e. The quantitative estimate of drug-likeness (QED) is 0.876. The third-order valence-electron chi connectivity index (χ3n) is 4.06. The standard InChI is InChI=1S/C16H21N3S/c1-12-18-19-16(20-12)11-17-15(10-13-6-5-7-13)14-8-3-2-4-9-14/h2-4,8-9,13,15,17H,5-7,10-11H2,1H3/t15-/m0/s1. The molecule has 0 aliphatic heterocycles. The first-order valence-electron chi connectivity index (χ1n) is 7.38. The third kappa shape index (κ3) is 3.44. The molecule has 1 aliphatic rings. The number of nitrogens with one attached hydrogen (secondary N) is 1. The Hall–Kier alpha value is -1.26. The summed E-state index contributed by atoms with van der Waals surface area (Å²) in [5.41, 5.74) is 1.39. The molecule has 3 nitrogen and oxygen atoms in total. The van der Waals surface area contributed by atoms with Crippen LogP contribution in [0.15, 0.2) is 30.3 Å². The van der Waals surface area contributed by atoms with Gasteiger partial charge in [-0.25, -0.2) is 0 Å². The molecule has 3 rings (SSSR count). The molecule has 1 aromatic heterocycles. The molecule has 20 heavy (non-hydrogen) atoms. The fourth-order valence-corrected chi connectivity index (χ4v) is 3.36. The highest BCUT2D eigenvalue weighted by Crippen LogP contribution is 2.34. The van der Waals surface area contributed by atoms with Gasteiger partial charge in [-0.3, -0.25) is 0 Å². The molecule has 1 N–H and O–H groups in total. The van der Waals surface area contributed by atoms with Crippen LogP contribution in [0.5, 0.6) is 0 Å². The number of rotatable bonds is 6. The molecular weight excluding hydrogens is 266 g/mol. The van der Waals surface area contributed by atoms with Crippen LogP contribution in [0, 0.1) is 12.8 Å². The van der Waals surface area contributed by atoms with Gasteiger partial charge in [-0.2, -0.15) is 0 Å². The smallest absolute Gasteiger partial charge is 0.131 e. The second-order valence-electron chi connectivity index (χ2n) is 5.59. The lowest BCUT2D eigenvalue weighted by Gasteiger charge is -2.30. The van der Waals surface area contributed by atoms with Gasteiger partial charge in [-0.1, -0.05) is 49.6 Å². The molecule has 0 bridgehead atoms. The minimum absolute atomic E-state index is 0.436. The number of benzene rings is 1. The summed E-state index contributed by atoms with van der Waals surface area (Å²) in [5, 5.41) is 14.1. The van der Waals surface area contributed by atoms with E-state index in [1.54, 1.807) is 11.3 Å². The topological polar surface area (TPSA) is 37.8 Å². The van der Waals surface area contributed by atoms with Crippen LogP contribution in [-0.2, 0) is 6.54 Å². The summed E-state index contributed by atoms with van der Waals surface area (Å²) < 4.78 is 0. The van der Waals surface area contributed by atoms with E-state index in [9.17, 15) is 0 Å². The Morgan fingerprint density at radius 3 is 2.65 bits per heavy atom. The largest absolute Gasteiger partial charge is 0.303 e. The van der Waals surface area contributed by atoms with Crippen LogP contribution in [0.2, 0.25) is 0 Å². The molecule has 1 atom stereocenters. The van der Waals surface area contributed by atoms with Gasteiger partial charge in [0.15, 0.2) is 0 Å². The van der Waals surface area contributed by atoms with Crippen LogP contribution < -0.4 is 5.32 Å². The SMILES string of the molecule is Cc1nnc(CN[C@@H](CC2CCC2)c2ccccc2)s1. The van der Waals surface area contributed by atoms with Gasteiger partial charge in [0.05, 0.1) is 6.54 Å². The van der Waals surface area contributed by atoms with Gasteiger partial charge in [0.2, 0.25) is 0 Å². The predicted octanol–water partition coefficient (Wildman–Crippen LogP) is 3.87. The zero-order valence-corrected chi connectivity index (χ0v) is 12.7. The van der Waals surface area contributed by atoms with E-state index in [1.807, 2.05) is 6.92 Å². The number of aromatic nitrogens is 2. The third-order valence-corrected chi connectivity index (χ3v) is 4.90. The highest BCUT2D eigenvalue weighted by molar-refractivity contribution is 7.11. The Morgan fingerprint density at radius 2 is 2.05 bits per heavy atom. The minimum Gasteiger partial charge on any atom is -0.303 e. The fraction of sp³-hybridized carbons (Fsp3) is 0.500. The summed E-state index contributed by atoms with van der Waals surface area (Å²) in [5.74, 6) is 0.892. The van der Waals surface area contributed by atoms with Crippen LogP contribution in [0.1, 0.15) is 47.3 Å². The van der Waals surface area contributed by atoms with Crippen molar-refractivity contribution in [2.24, 2.45) is 5.92 Å². The Labute approximate surface area is 124 Å². The van der Waals surface area contributed by atoms with Crippen LogP contribution in [0.4, 0.5) is 0 Å². The molecule has 1 fully saturated rings. The zero-order valence-electron chi connectivity index (χ0n) is 11.9. The molecule has 1 saturated carbocycles. The number of nitrogens with zero attached hydrogens (tertiary/aromatic N) is 2. The summed E-state index contributed by atoms with van der Waals surface area (Å²) >= 11 is 1.68. The summed E-state index contributed by atoms with van der Waals surface area (Å²) in [6.45, 7) is 2.82. The van der Waals surface area contributed by atoms with E-state index >= 15 is 0 Å². The van der Waals surface area contributed by atoms with Crippen molar-refractivity contribution in [2.75, 3.05) is 0 Å². The van der Waals surface area contributed by atoms with Gasteiger partial charge in [-0.05, 0) is 24.8 Å². The molecule has 0 saturated heterocycles. The van der Waals surface area contributed by atoms with Crippen molar-refractivity contribution in [3.8, 4) is 0 Å². The Bertz CT molecular complexity index is 534. The molecular formula is C16H21N3S. The normalized spacial score (nSPS) is 16.9. The summed E-state index contributed by atoms with van der Waals surface area (Å²) in [4.78, 5) is 0. The first-order chi connectivity index (χ1) is 9.81. The molecule has 1 aliphatic carbocycles. The second-order valence-corrected chi connectivity index (χ2v) is 6.86. The first-order valence-corrected chi connectivity index (χ1v) is 8.20. The van der Waals surface area contributed by atoms with Gasteiger partial charge in [0, 0.05) is 6.04 Å². The highest BCUT2D eigenvalue weighted by Gasteiger charge is 2.23. The van der Waals surface area contributed by atoms with Crippen LogP contribution >= 0.6 is 11.3 Å². The van der Waals surface area contributed by atoms with Crippen LogP contribution in [-0.4, -0.2) is 10.2 Å². The Balaban J connectivity index is 1.65. The van der Waals surface area contributed by atoms with Crippen molar-refractivity contribution in [3.05, 3.63) is 45.9 Å². The summed E-state index contributed by atoms with van der Waals surface area (Å²) in [7, 11) is 0. The number of hydrogen-bond acceptors (Lipinski definition) is 4. The lowest BCUT2D eigenvalue weighted by molar-refractivity contribution is 0.260. The lowest BCUT2D eigenvalue weighted by atomic mass is 9.79. The number of aryl methyl sites for hydroxylation is 1. The van der Waals surface area contributed by atoms with E-state index in [0.29, 0.717) is 6.04 Å². The van der Waals surface area contributed by atoms with E-state index in [0.717, 1.165) is 22.5 Å². The predicted molar refractivity (Wildman–Crippen MR) is 82.6 cm³/mol. The van der Waals surface area contributed by atoms with Crippen molar-refractivity contribution in [2.45, 2.75) is 45.2 Å². The average Bonchev–Trinajstić information content (AvgIpc) is 2.84. The van der Waals surface area contributed by atoms with E-state index in [4.69, 9.17) is 0 Å². The summed E-state index contributed by atoms with van der Waals surface area (Å²) in [6.07, 6.45) is 5.43. The molecule has 0 amide bonds. The molecule has 2 aromatic rings. The molecule has 1 aromatic carbocycles. The van der Waals surface area contributed by atoms with Crippen molar-refractivity contribution in [3.63, 3.8) is 0 Å². The van der Waals surface area contributed by atoms with E-state index < -0.39 is 0 Å². The Morgan fingerprint density at radius 1 is 1.25 bits per heavy atom. The molecule has 106 valence electrons. The average molecular weight is 287 g/mol. The maximum atomic E-state index is 4.20. The highest BCUT2D eigenvalue weighted by atomic mass is 32.1. The zero-order chi connectivity index (χ0) is 13.8. The maximum absolute atomic E-state index is 4.20. The van der Waals surface area contributed by atoms with Crippen molar-refractivity contribution >= 4 is 11.3 Å². The van der Waals surface area contributed by atoms with Gasteiger partial charge >= 0.3 is 0 Å². The van der Waals surface area contributed by atoms with E-state index in [1.165, 1.54) is 31.2 Å². The monoisotopic (exact) mass is 287 g/mol. The van der Waals surface area contributed by atoms with Crippen LogP contribution in [0.3, 0.4) is 0 Å². The molecule has 4 heteroatoms. The van der Waals surface area contributed by atoms with Gasteiger partial charge in [0.1, 0.15) is 10.0 Å². The molecule has 1 heterocycles. The van der Waals surface area contributed by atoms with Gasteiger partial charge < -0.3 is 5.32 Å². The van der Waals surface area contributed by atoms with Crippen LogP contribution in [0.25, 0.3) is 0 Å². The van der Waals surface area contributed by atoms with Gasteiger partial charge in [-0.15, -0.1) is 21.5 Å². The van der Waals surface area contributed by atoms with E-state index in [2.05, 4.69) is 45.8 Å². The van der Waals surface area contributed by atoms with Crippen molar-refractivity contribution in [1.82, 2.24) is 15.5 Å². The molecule has 0 spiro atoms. The molecule has 0 unspecified atom stereocenters. The summed E-state index contributed by atoms with van der Waals surface area (Å²) in [6, 6.07) is 11.2. The second kappa shape index (κ2) is 6.46. The Kier molecular flexibility index (Phi) is 4.43. The first kappa shape index (κ1) is 13.7. The lowest BCUT2D eigenvalue weighted by Crippen LogP contribution is -2.25. The minimum atomic E-state index is 0.436. The van der Waals surface area contributed by atoms with Crippen molar-refractivity contribution in [1.29, 1.82) is 0 Å².